The van der Waals surface area contributed by atoms with Crippen LogP contribution in [-0.2, 0) is 6.54 Å². The number of aliphatic hydroxyl groups excluding tert-OH is 1. The first-order chi connectivity index (χ1) is 11.0. The second-order valence-corrected chi connectivity index (χ2v) is 5.70. The van der Waals surface area contributed by atoms with E-state index in [2.05, 4.69) is 15.6 Å². The van der Waals surface area contributed by atoms with Gasteiger partial charge in [0.05, 0.1) is 12.6 Å². The molecule has 0 fully saturated rings. The van der Waals surface area contributed by atoms with Crippen LogP contribution >= 0.6 is 12.2 Å². The van der Waals surface area contributed by atoms with Crippen LogP contribution in [0, 0.1) is 11.7 Å². The van der Waals surface area contributed by atoms with Crippen LogP contribution in [0.2, 0.25) is 0 Å². The van der Waals surface area contributed by atoms with Crippen molar-refractivity contribution < 1.29 is 9.52 Å². The summed E-state index contributed by atoms with van der Waals surface area (Å²) in [4.78, 5) is 0. The van der Waals surface area contributed by atoms with Gasteiger partial charge in [0, 0.05) is 5.56 Å². The molecule has 0 bridgehead atoms. The largest absolute Gasteiger partial charge is 0.459 e. The molecule has 6 nitrogen and oxygen atoms in total. The third-order valence-corrected chi connectivity index (χ3v) is 3.86. The van der Waals surface area contributed by atoms with Crippen LogP contribution < -0.4 is 5.43 Å². The summed E-state index contributed by atoms with van der Waals surface area (Å²) in [5.74, 6) is 2.34. The second-order valence-electron chi connectivity index (χ2n) is 5.31. The van der Waals surface area contributed by atoms with Gasteiger partial charge in [-0.25, -0.2) is 4.68 Å². The first kappa shape index (κ1) is 15.5. The Kier molecular flexibility index (Phi) is 4.31. The fourth-order valence-corrected chi connectivity index (χ4v) is 2.52. The number of hydrogen-bond acceptors (Lipinski definition) is 5. The van der Waals surface area contributed by atoms with Crippen LogP contribution in [0.1, 0.15) is 30.2 Å². The number of nitrogens with one attached hydrogen (secondary N) is 2. The van der Waals surface area contributed by atoms with Crippen molar-refractivity contribution in [2.75, 3.05) is 5.43 Å². The standard InChI is InChI=1S/C16H18N4O2S/c1-10(21)12-3-5-13(6-4-12)15-8-7-14(22-15)9-17-20-11(2)18-19-16(20)23/h3-8,10,17,21H,9H2,1-2H3,(H,19,23)/t10-/m0/s1. The van der Waals surface area contributed by atoms with Gasteiger partial charge in [-0.05, 0) is 43.8 Å². The zero-order valence-corrected chi connectivity index (χ0v) is 13.7. The zero-order chi connectivity index (χ0) is 16.4. The number of furan rings is 1. The van der Waals surface area contributed by atoms with E-state index in [0.29, 0.717) is 11.3 Å². The van der Waals surface area contributed by atoms with Gasteiger partial charge in [0.15, 0.2) is 0 Å². The van der Waals surface area contributed by atoms with E-state index >= 15 is 0 Å². The Labute approximate surface area is 138 Å². The van der Waals surface area contributed by atoms with E-state index in [-0.39, 0.29) is 0 Å². The maximum atomic E-state index is 9.54. The number of H-pyrrole nitrogens is 1. The molecule has 0 saturated carbocycles. The summed E-state index contributed by atoms with van der Waals surface area (Å²) in [5, 5.41) is 16.3. The number of nitrogens with zero attached hydrogens (tertiary/aromatic N) is 2. The van der Waals surface area contributed by atoms with E-state index in [1.54, 1.807) is 11.6 Å². The molecule has 3 aromatic rings. The quantitative estimate of drug-likeness (QED) is 0.626. The Balaban J connectivity index is 1.72. The van der Waals surface area contributed by atoms with Crippen LogP contribution in [0.5, 0.6) is 0 Å². The molecule has 2 aromatic heterocycles. The van der Waals surface area contributed by atoms with Gasteiger partial charge >= 0.3 is 0 Å². The van der Waals surface area contributed by atoms with Gasteiger partial charge in [0.2, 0.25) is 4.77 Å². The van der Waals surface area contributed by atoms with Crippen LogP contribution in [0.4, 0.5) is 0 Å². The first-order valence-electron chi connectivity index (χ1n) is 7.29. The van der Waals surface area contributed by atoms with Gasteiger partial charge in [-0.1, -0.05) is 24.3 Å². The highest BCUT2D eigenvalue weighted by Crippen LogP contribution is 2.24. The summed E-state index contributed by atoms with van der Waals surface area (Å²) in [7, 11) is 0. The van der Waals surface area contributed by atoms with Crippen molar-refractivity contribution in [2.45, 2.75) is 26.5 Å². The molecule has 23 heavy (non-hydrogen) atoms. The number of aromatic nitrogens is 3. The lowest BCUT2D eigenvalue weighted by Gasteiger charge is -2.06. The van der Waals surface area contributed by atoms with Crippen LogP contribution in [0.25, 0.3) is 11.3 Å². The Morgan fingerprint density at radius 3 is 2.65 bits per heavy atom. The molecule has 0 aliphatic carbocycles. The van der Waals surface area contributed by atoms with Crippen molar-refractivity contribution in [3.63, 3.8) is 0 Å². The van der Waals surface area contributed by atoms with E-state index < -0.39 is 6.10 Å². The fraction of sp³-hybridized carbons (Fsp3) is 0.250. The molecule has 0 amide bonds. The highest BCUT2D eigenvalue weighted by atomic mass is 32.1. The van der Waals surface area contributed by atoms with Gasteiger partial charge in [0.25, 0.3) is 0 Å². The molecule has 1 atom stereocenters. The van der Waals surface area contributed by atoms with E-state index in [9.17, 15) is 5.11 Å². The first-order valence-corrected chi connectivity index (χ1v) is 7.70. The van der Waals surface area contributed by atoms with Crippen molar-refractivity contribution in [2.24, 2.45) is 0 Å². The molecule has 0 spiro atoms. The number of rotatable bonds is 5. The fourth-order valence-electron chi connectivity index (χ4n) is 2.27. The smallest absolute Gasteiger partial charge is 0.214 e. The molecule has 3 rings (SSSR count). The van der Waals surface area contributed by atoms with Gasteiger partial charge in [-0.3, -0.25) is 5.10 Å². The van der Waals surface area contributed by atoms with E-state index in [4.69, 9.17) is 16.6 Å². The molecular formula is C16H18N4O2S. The number of aliphatic hydroxyl groups is 1. The average molecular weight is 330 g/mol. The van der Waals surface area contributed by atoms with Crippen LogP contribution in [-0.4, -0.2) is 20.0 Å². The normalized spacial score (nSPS) is 12.3. The maximum Gasteiger partial charge on any atom is 0.214 e. The van der Waals surface area contributed by atoms with E-state index in [1.165, 1.54) is 0 Å². The summed E-state index contributed by atoms with van der Waals surface area (Å²) in [6, 6.07) is 11.5. The monoisotopic (exact) mass is 330 g/mol. The predicted molar refractivity (Wildman–Crippen MR) is 90.0 cm³/mol. The van der Waals surface area contributed by atoms with Gasteiger partial charge in [-0.2, -0.15) is 5.10 Å². The third kappa shape index (κ3) is 3.35. The number of hydrogen-bond donors (Lipinski definition) is 3. The minimum atomic E-state index is -0.469. The third-order valence-electron chi connectivity index (χ3n) is 3.59. The molecular weight excluding hydrogens is 312 g/mol. The minimum absolute atomic E-state index is 0.469. The molecule has 0 unspecified atom stereocenters. The number of benzene rings is 1. The summed E-state index contributed by atoms with van der Waals surface area (Å²) in [6.45, 7) is 4.10. The van der Waals surface area contributed by atoms with Crippen molar-refractivity contribution in [1.82, 2.24) is 14.9 Å². The van der Waals surface area contributed by atoms with E-state index in [1.807, 2.05) is 43.3 Å². The molecule has 0 radical (unpaired) electrons. The van der Waals surface area contributed by atoms with E-state index in [0.717, 1.165) is 28.5 Å². The van der Waals surface area contributed by atoms with Gasteiger partial charge < -0.3 is 14.9 Å². The Morgan fingerprint density at radius 2 is 2.04 bits per heavy atom. The van der Waals surface area contributed by atoms with Crippen molar-refractivity contribution in [3.05, 3.63) is 58.3 Å². The Morgan fingerprint density at radius 1 is 1.30 bits per heavy atom. The molecule has 0 saturated heterocycles. The number of aromatic amines is 1. The topological polar surface area (TPSA) is 79.0 Å². The predicted octanol–water partition coefficient (Wildman–Crippen LogP) is 3.31. The molecule has 0 aliphatic heterocycles. The highest BCUT2D eigenvalue weighted by Gasteiger charge is 2.07. The summed E-state index contributed by atoms with van der Waals surface area (Å²) in [6.07, 6.45) is -0.469. The summed E-state index contributed by atoms with van der Waals surface area (Å²) in [5.41, 5.74) is 5.01. The average Bonchev–Trinajstić information content (AvgIpc) is 3.13. The maximum absolute atomic E-state index is 9.54. The summed E-state index contributed by atoms with van der Waals surface area (Å²) < 4.78 is 8.07. The van der Waals surface area contributed by atoms with Crippen molar-refractivity contribution >= 4 is 12.2 Å². The highest BCUT2D eigenvalue weighted by molar-refractivity contribution is 7.71. The van der Waals surface area contributed by atoms with Gasteiger partial charge in [0.1, 0.15) is 17.3 Å². The second kappa shape index (κ2) is 6.39. The lowest BCUT2D eigenvalue weighted by molar-refractivity contribution is 0.199. The van der Waals surface area contributed by atoms with Crippen molar-refractivity contribution in [1.29, 1.82) is 0 Å². The van der Waals surface area contributed by atoms with Crippen LogP contribution in [0.3, 0.4) is 0 Å². The Hall–Kier alpha value is -2.38. The SMILES string of the molecule is Cc1n[nH]c(=S)n1NCc1ccc(-c2ccc([C@H](C)O)cc2)o1. The molecule has 3 N–H and O–H groups in total. The Bertz CT molecular complexity index is 846. The molecule has 120 valence electrons. The zero-order valence-electron chi connectivity index (χ0n) is 12.9. The summed E-state index contributed by atoms with van der Waals surface area (Å²) >= 11 is 5.13. The van der Waals surface area contributed by atoms with Crippen molar-refractivity contribution in [3.8, 4) is 11.3 Å². The minimum Gasteiger partial charge on any atom is -0.459 e. The molecule has 0 aliphatic rings. The number of aryl methyl sites for hydroxylation is 1. The molecule has 1 aromatic carbocycles. The molecule has 7 heteroatoms. The lowest BCUT2D eigenvalue weighted by atomic mass is 10.1. The van der Waals surface area contributed by atoms with Gasteiger partial charge in [-0.15, -0.1) is 0 Å². The lowest BCUT2D eigenvalue weighted by Crippen LogP contribution is -2.15. The molecule has 2 heterocycles. The van der Waals surface area contributed by atoms with Crippen LogP contribution in [0.15, 0.2) is 40.8 Å².